The summed E-state index contributed by atoms with van der Waals surface area (Å²) in [5, 5.41) is 6.62. The first-order valence-corrected chi connectivity index (χ1v) is 8.00. The fraction of sp³-hybridized carbons (Fsp3) is 0.118. The van der Waals surface area contributed by atoms with E-state index in [1.165, 1.54) is 12.3 Å². The van der Waals surface area contributed by atoms with Crippen molar-refractivity contribution in [2.24, 2.45) is 7.05 Å². The number of rotatable bonds is 2. The van der Waals surface area contributed by atoms with Crippen LogP contribution in [-0.2, 0) is 7.05 Å². The van der Waals surface area contributed by atoms with Gasteiger partial charge in [-0.1, -0.05) is 0 Å². The van der Waals surface area contributed by atoms with Crippen LogP contribution in [0.25, 0.3) is 32.7 Å². The van der Waals surface area contributed by atoms with E-state index in [1.807, 2.05) is 25.5 Å². The Morgan fingerprint density at radius 2 is 2.00 bits per heavy atom. The smallest absolute Gasteiger partial charge is 0.141 e. The average molecular weight is 324 g/mol. The molecule has 0 radical (unpaired) electrons. The molecule has 0 aliphatic rings. The first kappa shape index (κ1) is 14.0. The van der Waals surface area contributed by atoms with E-state index in [-0.39, 0.29) is 5.82 Å². The van der Waals surface area contributed by atoms with Crippen LogP contribution >= 0.6 is 11.3 Å². The maximum absolute atomic E-state index is 13.1. The van der Waals surface area contributed by atoms with Crippen molar-refractivity contribution < 1.29 is 4.39 Å². The highest BCUT2D eigenvalue weighted by Gasteiger charge is 2.17. The predicted octanol–water partition coefficient (Wildman–Crippen LogP) is 4.21. The number of halogens is 1. The number of nitrogens with zero attached hydrogens (tertiary/aromatic N) is 4. The van der Waals surface area contributed by atoms with Crippen molar-refractivity contribution in [3.05, 3.63) is 53.6 Å². The summed E-state index contributed by atoms with van der Waals surface area (Å²) in [6.45, 7) is 2.06. The van der Waals surface area contributed by atoms with Gasteiger partial charge in [0, 0.05) is 30.6 Å². The maximum atomic E-state index is 13.1. The lowest BCUT2D eigenvalue weighted by atomic mass is 10.0. The van der Waals surface area contributed by atoms with E-state index >= 15 is 0 Å². The highest BCUT2D eigenvalue weighted by atomic mass is 32.1. The van der Waals surface area contributed by atoms with Gasteiger partial charge in [0.05, 0.1) is 22.1 Å². The molecule has 0 aliphatic heterocycles. The van der Waals surface area contributed by atoms with Crippen LogP contribution in [0.3, 0.4) is 0 Å². The fourth-order valence-corrected chi connectivity index (χ4v) is 3.69. The zero-order chi connectivity index (χ0) is 16.0. The topological polar surface area (TPSA) is 43.6 Å². The van der Waals surface area contributed by atoms with E-state index in [4.69, 9.17) is 0 Å². The normalized spacial score (nSPS) is 11.3. The molecule has 0 amide bonds. The Labute approximate surface area is 136 Å². The first-order chi connectivity index (χ1) is 11.1. The lowest BCUT2D eigenvalue weighted by molar-refractivity contribution is 0.621. The monoisotopic (exact) mass is 324 g/mol. The first-order valence-electron chi connectivity index (χ1n) is 7.12. The molecule has 0 bridgehead atoms. The van der Waals surface area contributed by atoms with Crippen LogP contribution in [0.4, 0.5) is 4.39 Å². The average Bonchev–Trinajstić information content (AvgIpc) is 3.12. The third-order valence-electron chi connectivity index (χ3n) is 3.72. The van der Waals surface area contributed by atoms with E-state index < -0.39 is 0 Å². The Balaban J connectivity index is 1.97. The van der Waals surface area contributed by atoms with Gasteiger partial charge >= 0.3 is 0 Å². The van der Waals surface area contributed by atoms with Crippen LogP contribution in [-0.4, -0.2) is 19.7 Å². The molecule has 6 heteroatoms. The van der Waals surface area contributed by atoms with Crippen LogP contribution in [0.5, 0.6) is 0 Å². The van der Waals surface area contributed by atoms with E-state index in [0.29, 0.717) is 5.69 Å². The number of pyridine rings is 2. The summed E-state index contributed by atoms with van der Waals surface area (Å²) in [6.07, 6.45) is 4.99. The van der Waals surface area contributed by atoms with Crippen LogP contribution in [0, 0.1) is 12.7 Å². The second-order valence-corrected chi connectivity index (χ2v) is 6.26. The standard InChI is InChI=1S/C17H13FN4S/c1-10-9-23-17-12(5-6-19-15(10)17)13-8-22(2)21-16(13)14-4-3-11(18)7-20-14/h3-9H,1-2H3. The van der Waals surface area contributed by atoms with Gasteiger partial charge in [-0.3, -0.25) is 14.6 Å². The zero-order valence-corrected chi connectivity index (χ0v) is 13.4. The number of fused-ring (bicyclic) bond motifs is 1. The second-order valence-electron chi connectivity index (χ2n) is 5.38. The van der Waals surface area contributed by atoms with Crippen molar-refractivity contribution >= 4 is 21.6 Å². The molecule has 114 valence electrons. The molecule has 0 saturated heterocycles. The van der Waals surface area contributed by atoms with Crippen molar-refractivity contribution in [3.8, 4) is 22.5 Å². The Morgan fingerprint density at radius 3 is 2.78 bits per heavy atom. The van der Waals surface area contributed by atoms with Crippen LogP contribution in [0.1, 0.15) is 5.56 Å². The van der Waals surface area contributed by atoms with Crippen molar-refractivity contribution in [1.82, 2.24) is 19.7 Å². The largest absolute Gasteiger partial charge is 0.274 e. The summed E-state index contributed by atoms with van der Waals surface area (Å²) < 4.78 is 16.0. The fourth-order valence-electron chi connectivity index (χ4n) is 2.65. The van der Waals surface area contributed by atoms with E-state index in [1.54, 1.807) is 22.1 Å². The molecule has 4 rings (SSSR count). The Kier molecular flexibility index (Phi) is 3.20. The quantitative estimate of drug-likeness (QED) is 0.555. The summed E-state index contributed by atoms with van der Waals surface area (Å²) in [4.78, 5) is 8.64. The lowest BCUT2D eigenvalue weighted by Gasteiger charge is -2.04. The van der Waals surface area contributed by atoms with Crippen LogP contribution in [0.15, 0.2) is 42.2 Å². The Hall–Kier alpha value is -2.60. The Bertz CT molecular complexity index is 1000. The molecule has 4 heterocycles. The molecule has 0 saturated carbocycles. The van der Waals surface area contributed by atoms with E-state index in [0.717, 1.165) is 32.6 Å². The van der Waals surface area contributed by atoms with Gasteiger partial charge in [-0.05, 0) is 36.1 Å². The molecule has 4 aromatic rings. The Morgan fingerprint density at radius 1 is 1.13 bits per heavy atom. The minimum atomic E-state index is -0.355. The zero-order valence-electron chi connectivity index (χ0n) is 12.6. The molecule has 4 nitrogen and oxygen atoms in total. The molecule has 0 unspecified atom stereocenters. The van der Waals surface area contributed by atoms with Gasteiger partial charge in [-0.15, -0.1) is 11.3 Å². The van der Waals surface area contributed by atoms with Gasteiger partial charge in [0.15, 0.2) is 0 Å². The predicted molar refractivity (Wildman–Crippen MR) is 89.7 cm³/mol. The van der Waals surface area contributed by atoms with Gasteiger partial charge in [0.2, 0.25) is 0 Å². The molecule has 23 heavy (non-hydrogen) atoms. The van der Waals surface area contributed by atoms with Crippen molar-refractivity contribution in [2.45, 2.75) is 6.92 Å². The van der Waals surface area contributed by atoms with Gasteiger partial charge < -0.3 is 0 Å². The maximum Gasteiger partial charge on any atom is 0.141 e. The third kappa shape index (κ3) is 2.31. The SMILES string of the molecule is Cc1csc2c(-c3cn(C)nc3-c3ccc(F)cn3)ccnc12. The summed E-state index contributed by atoms with van der Waals surface area (Å²) >= 11 is 1.67. The molecule has 0 aromatic carbocycles. The van der Waals surface area contributed by atoms with E-state index in [2.05, 4.69) is 27.4 Å². The van der Waals surface area contributed by atoms with Gasteiger partial charge in [-0.25, -0.2) is 4.39 Å². The van der Waals surface area contributed by atoms with Gasteiger partial charge in [0.1, 0.15) is 11.5 Å². The second kappa shape index (κ2) is 5.24. The summed E-state index contributed by atoms with van der Waals surface area (Å²) in [5.74, 6) is -0.355. The van der Waals surface area contributed by atoms with Crippen molar-refractivity contribution in [1.29, 1.82) is 0 Å². The minimum absolute atomic E-state index is 0.355. The van der Waals surface area contributed by atoms with Crippen LogP contribution in [0.2, 0.25) is 0 Å². The highest BCUT2D eigenvalue weighted by molar-refractivity contribution is 7.17. The van der Waals surface area contributed by atoms with E-state index in [9.17, 15) is 4.39 Å². The van der Waals surface area contributed by atoms with Gasteiger partial charge in [-0.2, -0.15) is 5.10 Å². The molecular weight excluding hydrogens is 311 g/mol. The molecule has 0 fully saturated rings. The number of hydrogen-bond acceptors (Lipinski definition) is 4. The third-order valence-corrected chi connectivity index (χ3v) is 4.84. The number of thiophene rings is 1. The lowest BCUT2D eigenvalue weighted by Crippen LogP contribution is -1.90. The molecule has 0 N–H and O–H groups in total. The number of aryl methyl sites for hydroxylation is 2. The summed E-state index contributed by atoms with van der Waals surface area (Å²) in [6, 6.07) is 5.04. The van der Waals surface area contributed by atoms with Crippen molar-refractivity contribution in [3.63, 3.8) is 0 Å². The molecule has 0 aliphatic carbocycles. The molecule has 0 spiro atoms. The molecular formula is C17H13FN4S. The number of hydrogen-bond donors (Lipinski definition) is 0. The summed E-state index contributed by atoms with van der Waals surface area (Å²) in [7, 11) is 1.87. The van der Waals surface area contributed by atoms with Crippen molar-refractivity contribution in [2.75, 3.05) is 0 Å². The van der Waals surface area contributed by atoms with Gasteiger partial charge in [0.25, 0.3) is 0 Å². The molecule has 0 atom stereocenters. The molecule has 4 aromatic heterocycles. The number of aromatic nitrogens is 4. The van der Waals surface area contributed by atoms with Crippen LogP contribution < -0.4 is 0 Å². The summed E-state index contributed by atoms with van der Waals surface area (Å²) in [5.41, 5.74) is 5.61. The highest BCUT2D eigenvalue weighted by Crippen LogP contribution is 2.37. The minimum Gasteiger partial charge on any atom is -0.274 e.